The predicted octanol–water partition coefficient (Wildman–Crippen LogP) is 4.99. The Kier molecular flexibility index (Phi) is 4.08. The van der Waals surface area contributed by atoms with E-state index >= 15 is 0 Å². The van der Waals surface area contributed by atoms with Crippen molar-refractivity contribution in [1.82, 2.24) is 4.98 Å². The molecule has 0 saturated heterocycles. The van der Waals surface area contributed by atoms with Gasteiger partial charge in [0.1, 0.15) is 10.8 Å². The molecule has 2 nitrogen and oxygen atoms in total. The van der Waals surface area contributed by atoms with Gasteiger partial charge in [0.25, 0.3) is 0 Å². The van der Waals surface area contributed by atoms with E-state index in [2.05, 4.69) is 11.1 Å². The minimum atomic E-state index is -0.250. The number of thiazole rings is 1. The van der Waals surface area contributed by atoms with Crippen LogP contribution in [0.2, 0.25) is 0 Å². The van der Waals surface area contributed by atoms with Crippen molar-refractivity contribution in [1.29, 1.82) is 5.26 Å². The quantitative estimate of drug-likeness (QED) is 0.683. The first-order valence-corrected chi connectivity index (χ1v) is 7.52. The van der Waals surface area contributed by atoms with Crippen molar-refractivity contribution in [2.45, 2.75) is 0 Å². The number of nitriles is 1. The van der Waals surface area contributed by atoms with Crippen LogP contribution in [0.15, 0.2) is 53.9 Å². The average Bonchev–Trinajstić information content (AvgIpc) is 3.03. The molecule has 3 aromatic rings. The summed E-state index contributed by atoms with van der Waals surface area (Å²) < 4.78 is 12.9. The van der Waals surface area contributed by atoms with Gasteiger partial charge in [0, 0.05) is 10.9 Å². The van der Waals surface area contributed by atoms with E-state index in [0.29, 0.717) is 5.56 Å². The van der Waals surface area contributed by atoms with Crippen molar-refractivity contribution < 1.29 is 4.39 Å². The van der Waals surface area contributed by atoms with Gasteiger partial charge in [-0.2, -0.15) is 5.26 Å². The molecule has 2 aromatic carbocycles. The Hall–Kier alpha value is -2.77. The van der Waals surface area contributed by atoms with E-state index in [1.165, 1.54) is 23.5 Å². The van der Waals surface area contributed by atoms with E-state index in [9.17, 15) is 4.39 Å². The van der Waals surface area contributed by atoms with Crippen molar-refractivity contribution in [3.63, 3.8) is 0 Å². The summed E-state index contributed by atoms with van der Waals surface area (Å²) in [6.45, 7) is 0. The number of hydrogen-bond donors (Lipinski definition) is 0. The monoisotopic (exact) mass is 306 g/mol. The molecule has 4 heteroatoms. The van der Waals surface area contributed by atoms with Gasteiger partial charge in [-0.1, -0.05) is 18.2 Å². The van der Waals surface area contributed by atoms with E-state index in [1.54, 1.807) is 24.3 Å². The Labute approximate surface area is 131 Å². The number of hydrogen-bond acceptors (Lipinski definition) is 3. The van der Waals surface area contributed by atoms with Gasteiger partial charge >= 0.3 is 0 Å². The molecule has 0 saturated carbocycles. The molecule has 106 valence electrons. The van der Waals surface area contributed by atoms with Gasteiger partial charge in [0.15, 0.2) is 0 Å². The highest BCUT2D eigenvalue weighted by Crippen LogP contribution is 2.23. The van der Waals surface area contributed by atoms with Gasteiger partial charge in [0.2, 0.25) is 0 Å². The van der Waals surface area contributed by atoms with Crippen LogP contribution in [-0.2, 0) is 0 Å². The molecule has 0 bridgehead atoms. The zero-order valence-corrected chi connectivity index (χ0v) is 12.3. The third kappa shape index (κ3) is 3.27. The summed E-state index contributed by atoms with van der Waals surface area (Å²) in [5, 5.41) is 11.6. The first-order valence-electron chi connectivity index (χ1n) is 6.64. The highest BCUT2D eigenvalue weighted by Gasteiger charge is 2.02. The Balaban J connectivity index is 1.77. The molecule has 0 N–H and O–H groups in total. The van der Waals surface area contributed by atoms with Crippen molar-refractivity contribution in [3.8, 4) is 17.3 Å². The lowest BCUT2D eigenvalue weighted by Gasteiger charge is -1.95. The maximum atomic E-state index is 12.9. The van der Waals surface area contributed by atoms with Crippen LogP contribution in [0.1, 0.15) is 16.1 Å². The van der Waals surface area contributed by atoms with Crippen LogP contribution in [0, 0.1) is 17.1 Å². The molecule has 1 aromatic heterocycles. The zero-order chi connectivity index (χ0) is 15.4. The Bertz CT molecular complexity index is 840. The Morgan fingerprint density at radius 1 is 1.00 bits per heavy atom. The van der Waals surface area contributed by atoms with Crippen LogP contribution in [0.3, 0.4) is 0 Å². The second kappa shape index (κ2) is 6.33. The normalized spacial score (nSPS) is 10.7. The fourth-order valence-corrected chi connectivity index (χ4v) is 2.67. The third-order valence-corrected chi connectivity index (χ3v) is 3.93. The molecule has 0 radical (unpaired) electrons. The average molecular weight is 306 g/mol. The molecule has 0 aliphatic rings. The fourth-order valence-electron chi connectivity index (χ4n) is 1.95. The smallest absolute Gasteiger partial charge is 0.123 e. The van der Waals surface area contributed by atoms with E-state index < -0.39 is 0 Å². The van der Waals surface area contributed by atoms with Crippen LogP contribution in [0.4, 0.5) is 4.39 Å². The highest BCUT2D eigenvalue weighted by molar-refractivity contribution is 7.10. The standard InChI is InChI=1S/C18H11FN2S/c19-16-8-6-15(7-9-16)17-12-22-18(21-17)10-5-13-1-3-14(11-20)4-2-13/h1-10,12H/b10-5+. The minimum Gasteiger partial charge on any atom is -0.237 e. The van der Waals surface area contributed by atoms with Crippen LogP contribution < -0.4 is 0 Å². The van der Waals surface area contributed by atoms with Gasteiger partial charge in [-0.25, -0.2) is 9.37 Å². The second-order valence-electron chi connectivity index (χ2n) is 4.65. The molecular formula is C18H11FN2S. The number of rotatable bonds is 3. The maximum Gasteiger partial charge on any atom is 0.123 e. The summed E-state index contributed by atoms with van der Waals surface area (Å²) in [5.41, 5.74) is 3.39. The number of nitrogens with zero attached hydrogens (tertiary/aromatic N) is 2. The van der Waals surface area contributed by atoms with Crippen molar-refractivity contribution in [2.75, 3.05) is 0 Å². The van der Waals surface area contributed by atoms with E-state index in [-0.39, 0.29) is 5.82 Å². The number of halogens is 1. The van der Waals surface area contributed by atoms with Crippen molar-refractivity contribution in [3.05, 3.63) is 75.9 Å². The molecule has 1 heterocycles. The van der Waals surface area contributed by atoms with Crippen molar-refractivity contribution in [2.24, 2.45) is 0 Å². The summed E-state index contributed by atoms with van der Waals surface area (Å²) in [7, 11) is 0. The van der Waals surface area contributed by atoms with Gasteiger partial charge in [-0.15, -0.1) is 11.3 Å². The van der Waals surface area contributed by atoms with Crippen molar-refractivity contribution >= 4 is 23.5 Å². The van der Waals surface area contributed by atoms with Crippen LogP contribution in [0.5, 0.6) is 0 Å². The van der Waals surface area contributed by atoms with Gasteiger partial charge in [0.05, 0.1) is 17.3 Å². The zero-order valence-electron chi connectivity index (χ0n) is 11.5. The van der Waals surface area contributed by atoms with Gasteiger partial charge in [-0.05, 0) is 48.0 Å². The fraction of sp³-hybridized carbons (Fsp3) is 0. The van der Waals surface area contributed by atoms with Gasteiger partial charge < -0.3 is 0 Å². The molecule has 0 atom stereocenters. The lowest BCUT2D eigenvalue weighted by atomic mass is 10.1. The van der Waals surface area contributed by atoms with Gasteiger partial charge in [-0.3, -0.25) is 0 Å². The number of aromatic nitrogens is 1. The van der Waals surface area contributed by atoms with Crippen LogP contribution in [-0.4, -0.2) is 4.98 Å². The second-order valence-corrected chi connectivity index (χ2v) is 5.53. The summed E-state index contributed by atoms with van der Waals surface area (Å²) in [5.74, 6) is -0.250. The van der Waals surface area contributed by atoms with E-state index in [4.69, 9.17) is 5.26 Å². The Morgan fingerprint density at radius 3 is 2.41 bits per heavy atom. The molecule has 0 spiro atoms. The first-order chi connectivity index (χ1) is 10.7. The first kappa shape index (κ1) is 14.2. The largest absolute Gasteiger partial charge is 0.237 e. The SMILES string of the molecule is N#Cc1ccc(/C=C/c2nc(-c3ccc(F)cc3)cs2)cc1. The van der Waals surface area contributed by atoms with E-state index in [1.807, 2.05) is 29.7 Å². The minimum absolute atomic E-state index is 0.250. The maximum absolute atomic E-state index is 12.9. The van der Waals surface area contributed by atoms with E-state index in [0.717, 1.165) is 21.8 Å². The summed E-state index contributed by atoms with van der Waals surface area (Å²) in [4.78, 5) is 4.52. The molecule has 0 amide bonds. The molecule has 3 rings (SSSR count). The lowest BCUT2D eigenvalue weighted by Crippen LogP contribution is -1.79. The molecule has 0 aliphatic carbocycles. The topological polar surface area (TPSA) is 36.7 Å². The summed E-state index contributed by atoms with van der Waals surface area (Å²) in [6, 6.07) is 15.7. The summed E-state index contributed by atoms with van der Waals surface area (Å²) in [6.07, 6.45) is 3.88. The van der Waals surface area contributed by atoms with Crippen LogP contribution >= 0.6 is 11.3 Å². The van der Waals surface area contributed by atoms with Crippen LogP contribution in [0.25, 0.3) is 23.4 Å². The Morgan fingerprint density at radius 2 is 1.73 bits per heavy atom. The molecule has 0 unspecified atom stereocenters. The highest BCUT2D eigenvalue weighted by atomic mass is 32.1. The number of benzene rings is 2. The third-order valence-electron chi connectivity index (χ3n) is 3.12. The molecule has 0 fully saturated rings. The molecule has 22 heavy (non-hydrogen) atoms. The predicted molar refractivity (Wildman–Crippen MR) is 87.6 cm³/mol. The summed E-state index contributed by atoms with van der Waals surface area (Å²) >= 11 is 1.53. The molecule has 0 aliphatic heterocycles. The lowest BCUT2D eigenvalue weighted by molar-refractivity contribution is 0.628. The molecular weight excluding hydrogens is 295 g/mol.